The van der Waals surface area contributed by atoms with Crippen LogP contribution >= 0.6 is 0 Å². The smallest absolute Gasteiger partial charge is 0.185 e. The average Bonchev–Trinajstić information content (AvgIpc) is 2.61. The number of halogens is 2. The maximum atomic E-state index is 14.1. The molecule has 7 heteroatoms. The molecule has 0 unspecified atom stereocenters. The number of Topliss-reactive ketones (excluding diaryl/α,β-unsaturated/α-hetero) is 1. The second-order valence-corrected chi connectivity index (χ2v) is 11.0. The van der Waals surface area contributed by atoms with Crippen LogP contribution in [-0.2, 0) is 26.7 Å². The summed E-state index contributed by atoms with van der Waals surface area (Å²) in [5.74, 6) is -2.51. The van der Waals surface area contributed by atoms with Crippen LogP contribution in [0.4, 0.5) is 8.78 Å². The van der Waals surface area contributed by atoms with E-state index in [0.29, 0.717) is 16.7 Å². The van der Waals surface area contributed by atoms with Crippen molar-refractivity contribution in [2.75, 3.05) is 5.75 Å². The van der Waals surface area contributed by atoms with Gasteiger partial charge in [0.15, 0.2) is 15.6 Å². The van der Waals surface area contributed by atoms with E-state index in [-0.39, 0.29) is 34.5 Å². The first kappa shape index (κ1) is 25.1. The van der Waals surface area contributed by atoms with Crippen molar-refractivity contribution in [1.82, 2.24) is 0 Å². The number of carbonyl (C=O) groups is 1. The third-order valence-corrected chi connectivity index (χ3v) is 6.88. The molecule has 0 saturated carbocycles. The summed E-state index contributed by atoms with van der Waals surface area (Å²) in [5.41, 5.74) is 0.277. The minimum absolute atomic E-state index is 0.0425. The van der Waals surface area contributed by atoms with Gasteiger partial charge in [-0.05, 0) is 72.7 Å². The van der Waals surface area contributed by atoms with Crippen LogP contribution in [0.1, 0.15) is 75.6 Å². The van der Waals surface area contributed by atoms with Gasteiger partial charge in [-0.3, -0.25) is 4.79 Å². The zero-order valence-corrected chi connectivity index (χ0v) is 19.6. The molecule has 2 rings (SSSR count). The molecule has 0 radical (unpaired) electrons. The molecule has 0 saturated heterocycles. The van der Waals surface area contributed by atoms with E-state index in [9.17, 15) is 27.1 Å². The maximum absolute atomic E-state index is 14.1. The summed E-state index contributed by atoms with van der Waals surface area (Å²) in [6.07, 6.45) is -0.139. The molecule has 0 aliphatic carbocycles. The molecule has 2 aromatic rings. The van der Waals surface area contributed by atoms with Crippen molar-refractivity contribution < 1.29 is 27.1 Å². The lowest BCUT2D eigenvalue weighted by atomic mass is 9.86. The molecule has 31 heavy (non-hydrogen) atoms. The number of rotatable bonds is 8. The van der Waals surface area contributed by atoms with E-state index < -0.39 is 32.8 Å². The Morgan fingerprint density at radius 1 is 1.00 bits per heavy atom. The Bertz CT molecular complexity index is 1050. The van der Waals surface area contributed by atoms with Crippen LogP contribution in [0.25, 0.3) is 0 Å². The third-order valence-electron chi connectivity index (χ3n) is 5.21. The highest BCUT2D eigenvalue weighted by Gasteiger charge is 2.27. The zero-order valence-electron chi connectivity index (χ0n) is 18.8. The van der Waals surface area contributed by atoms with E-state index in [0.717, 1.165) is 18.2 Å². The van der Waals surface area contributed by atoms with Crippen molar-refractivity contribution in [2.45, 2.75) is 70.3 Å². The monoisotopic (exact) mass is 452 g/mol. The lowest BCUT2D eigenvalue weighted by Gasteiger charge is -2.20. The molecule has 0 bridgehead atoms. The maximum Gasteiger partial charge on any atom is 0.185 e. The van der Waals surface area contributed by atoms with E-state index in [1.54, 1.807) is 0 Å². The molecule has 0 aliphatic heterocycles. The predicted molar refractivity (Wildman–Crippen MR) is 117 cm³/mol. The van der Waals surface area contributed by atoms with Crippen LogP contribution in [0, 0.1) is 11.6 Å². The van der Waals surface area contributed by atoms with Crippen LogP contribution in [0.3, 0.4) is 0 Å². The Morgan fingerprint density at radius 3 is 1.97 bits per heavy atom. The Morgan fingerprint density at radius 2 is 1.52 bits per heavy atom. The fourth-order valence-corrected chi connectivity index (χ4v) is 4.89. The molecular weight excluding hydrogens is 422 g/mol. The van der Waals surface area contributed by atoms with Crippen LogP contribution in [0.2, 0.25) is 0 Å². The molecule has 0 amide bonds. The van der Waals surface area contributed by atoms with Gasteiger partial charge < -0.3 is 5.11 Å². The fraction of sp³-hybridized carbons (Fsp3) is 0.458. The molecule has 4 nitrogen and oxygen atoms in total. The SMILES string of the molecule is CC(C)c1cc(F)cc(C(C)C)c1CC(=O)CS(=O)(=O)c1ccc(F)c(C(C)(C)O)c1. The molecule has 1 N–H and O–H groups in total. The summed E-state index contributed by atoms with van der Waals surface area (Å²) in [6, 6.07) is 5.91. The van der Waals surface area contributed by atoms with Crippen molar-refractivity contribution in [1.29, 1.82) is 0 Å². The predicted octanol–water partition coefficient (Wildman–Crippen LogP) is 5.02. The van der Waals surface area contributed by atoms with Gasteiger partial charge in [-0.15, -0.1) is 0 Å². The summed E-state index contributed by atoms with van der Waals surface area (Å²) < 4.78 is 53.8. The molecule has 0 fully saturated rings. The highest BCUT2D eigenvalue weighted by molar-refractivity contribution is 7.92. The molecule has 0 spiro atoms. The van der Waals surface area contributed by atoms with Gasteiger partial charge >= 0.3 is 0 Å². The van der Waals surface area contributed by atoms with Gasteiger partial charge in [-0.1, -0.05) is 27.7 Å². The van der Waals surface area contributed by atoms with Crippen LogP contribution in [0.5, 0.6) is 0 Å². The van der Waals surface area contributed by atoms with Gasteiger partial charge in [0.2, 0.25) is 0 Å². The third kappa shape index (κ3) is 5.98. The van der Waals surface area contributed by atoms with Crippen LogP contribution in [-0.4, -0.2) is 25.1 Å². The van der Waals surface area contributed by atoms with Crippen molar-refractivity contribution in [2.24, 2.45) is 0 Å². The molecule has 0 heterocycles. The number of aliphatic hydroxyl groups is 1. The Kier molecular flexibility index (Phi) is 7.43. The van der Waals surface area contributed by atoms with Gasteiger partial charge in [0, 0.05) is 12.0 Å². The normalized spacial score (nSPS) is 12.6. The molecular formula is C24H30F2O4S. The van der Waals surface area contributed by atoms with E-state index in [1.165, 1.54) is 26.0 Å². The van der Waals surface area contributed by atoms with Crippen molar-refractivity contribution >= 4 is 15.6 Å². The van der Waals surface area contributed by atoms with Crippen molar-refractivity contribution in [3.63, 3.8) is 0 Å². The van der Waals surface area contributed by atoms with Crippen LogP contribution < -0.4 is 0 Å². The second kappa shape index (κ2) is 9.17. The molecule has 2 aromatic carbocycles. The number of hydrogen-bond acceptors (Lipinski definition) is 4. The van der Waals surface area contributed by atoms with Crippen molar-refractivity contribution in [3.8, 4) is 0 Å². The highest BCUT2D eigenvalue weighted by atomic mass is 32.2. The average molecular weight is 453 g/mol. The standard InChI is InChI=1S/C24H30F2O4S/c1-14(2)19-9-16(25)10-20(15(3)4)21(19)11-17(27)13-31(29,30)18-7-8-23(26)22(12-18)24(5,6)28/h7-10,12,14-15,28H,11,13H2,1-6H3. The van der Waals surface area contributed by atoms with Gasteiger partial charge in [-0.2, -0.15) is 0 Å². The quantitative estimate of drug-likeness (QED) is 0.571. The lowest BCUT2D eigenvalue weighted by Crippen LogP contribution is -2.22. The van der Waals surface area contributed by atoms with E-state index in [2.05, 4.69) is 0 Å². The number of sulfone groups is 1. The zero-order chi connectivity index (χ0) is 23.7. The second-order valence-electron chi connectivity index (χ2n) is 9.05. The minimum atomic E-state index is -4.05. The van der Waals surface area contributed by atoms with E-state index in [4.69, 9.17) is 0 Å². The van der Waals surface area contributed by atoms with E-state index in [1.807, 2.05) is 27.7 Å². The first-order chi connectivity index (χ1) is 14.1. The highest BCUT2D eigenvalue weighted by Crippen LogP contribution is 2.30. The summed E-state index contributed by atoms with van der Waals surface area (Å²) in [7, 11) is -4.05. The molecule has 0 aromatic heterocycles. The van der Waals surface area contributed by atoms with Crippen LogP contribution in [0.15, 0.2) is 35.2 Å². The van der Waals surface area contributed by atoms with Gasteiger partial charge in [0.25, 0.3) is 0 Å². The first-order valence-electron chi connectivity index (χ1n) is 10.2. The van der Waals surface area contributed by atoms with Crippen molar-refractivity contribution in [3.05, 3.63) is 64.2 Å². The van der Waals surface area contributed by atoms with Gasteiger partial charge in [0.05, 0.1) is 10.5 Å². The van der Waals surface area contributed by atoms with Gasteiger partial charge in [0.1, 0.15) is 17.4 Å². The Balaban J connectivity index is 2.39. The van der Waals surface area contributed by atoms with E-state index >= 15 is 0 Å². The Labute approximate surface area is 183 Å². The Hall–Kier alpha value is -2.12. The fourth-order valence-electron chi connectivity index (χ4n) is 3.62. The molecule has 0 aliphatic rings. The number of carbonyl (C=O) groups excluding carboxylic acids is 1. The summed E-state index contributed by atoms with van der Waals surface area (Å²) in [5, 5.41) is 10.1. The number of benzene rings is 2. The minimum Gasteiger partial charge on any atom is -0.386 e. The largest absolute Gasteiger partial charge is 0.386 e. The number of ketones is 1. The summed E-state index contributed by atoms with van der Waals surface area (Å²) in [4.78, 5) is 12.6. The lowest BCUT2D eigenvalue weighted by molar-refractivity contribution is -0.116. The summed E-state index contributed by atoms with van der Waals surface area (Å²) in [6.45, 7) is 10.3. The number of hydrogen-bond donors (Lipinski definition) is 1. The molecule has 170 valence electrons. The summed E-state index contributed by atoms with van der Waals surface area (Å²) >= 11 is 0. The molecule has 0 atom stereocenters. The first-order valence-corrected chi connectivity index (χ1v) is 11.9. The van der Waals surface area contributed by atoms with Gasteiger partial charge in [-0.25, -0.2) is 17.2 Å². The topological polar surface area (TPSA) is 71.4 Å².